The van der Waals surface area contributed by atoms with Gasteiger partial charge in [0.25, 0.3) is 5.56 Å². The Morgan fingerprint density at radius 2 is 1.76 bits per heavy atom. The van der Waals surface area contributed by atoms with E-state index >= 15 is 0 Å². The monoisotopic (exact) mass is 562 g/mol. The van der Waals surface area contributed by atoms with Crippen molar-refractivity contribution >= 4 is 59.9 Å². The van der Waals surface area contributed by atoms with E-state index in [9.17, 15) is 19.5 Å². The summed E-state index contributed by atoms with van der Waals surface area (Å²) in [5, 5.41) is 14.2. The third-order valence-electron chi connectivity index (χ3n) is 7.10. The van der Waals surface area contributed by atoms with E-state index in [0.717, 1.165) is 0 Å². The van der Waals surface area contributed by atoms with Gasteiger partial charge >= 0.3 is 5.97 Å². The number of carbonyl (C=O) groups excluding carboxylic acids is 1. The molecule has 0 saturated heterocycles. The number of rotatable bonds is 8. The summed E-state index contributed by atoms with van der Waals surface area (Å²) in [5.41, 5.74) is 0.668. The second kappa shape index (κ2) is 11.0. The number of carbonyl (C=O) groups is 2. The highest BCUT2D eigenvalue weighted by Crippen LogP contribution is 2.37. The Bertz CT molecular complexity index is 1400. The number of hydrogen-bond acceptors (Lipinski definition) is 4. The summed E-state index contributed by atoms with van der Waals surface area (Å²) in [7, 11) is -2.23. The van der Waals surface area contributed by atoms with E-state index in [-0.39, 0.29) is 17.6 Å². The second-order valence-corrected chi connectivity index (χ2v) is 16.2. The average molecular weight is 564 g/mol. The van der Waals surface area contributed by atoms with E-state index in [1.807, 2.05) is 13.1 Å². The summed E-state index contributed by atoms with van der Waals surface area (Å²) >= 11 is 12.1. The van der Waals surface area contributed by atoms with Crippen molar-refractivity contribution in [1.82, 2.24) is 4.57 Å². The zero-order valence-electron chi connectivity index (χ0n) is 21.8. The van der Waals surface area contributed by atoms with Gasteiger partial charge in [-0.25, -0.2) is 4.79 Å². The van der Waals surface area contributed by atoms with Crippen molar-refractivity contribution in [3.63, 3.8) is 0 Å². The molecule has 2 aromatic carbocycles. The first-order chi connectivity index (χ1) is 17.1. The molecule has 0 aliphatic heterocycles. The van der Waals surface area contributed by atoms with Crippen LogP contribution in [0.25, 0.3) is 10.8 Å². The molecule has 0 radical (unpaired) electrons. The molecule has 0 aliphatic rings. The summed E-state index contributed by atoms with van der Waals surface area (Å²) in [6.07, 6.45) is 1.44. The molecule has 0 spiro atoms. The van der Waals surface area contributed by atoms with Crippen LogP contribution in [0.1, 0.15) is 45.2 Å². The van der Waals surface area contributed by atoms with Crippen molar-refractivity contribution in [2.45, 2.75) is 57.8 Å². The van der Waals surface area contributed by atoms with Crippen molar-refractivity contribution in [1.29, 1.82) is 0 Å². The van der Waals surface area contributed by atoms with Crippen LogP contribution in [-0.2, 0) is 14.0 Å². The number of aliphatic carboxylic acids is 1. The van der Waals surface area contributed by atoms with Gasteiger partial charge in [-0.2, -0.15) is 0 Å². The normalized spacial score (nSPS) is 13.8. The molecular weight excluding hydrogens is 531 g/mol. The van der Waals surface area contributed by atoms with Gasteiger partial charge in [-0.05, 0) is 61.0 Å². The van der Waals surface area contributed by atoms with Crippen LogP contribution in [0.4, 0.5) is 5.69 Å². The van der Waals surface area contributed by atoms with E-state index < -0.39 is 31.8 Å². The fourth-order valence-corrected chi connectivity index (χ4v) is 4.91. The molecule has 0 bridgehead atoms. The van der Waals surface area contributed by atoms with E-state index in [0.29, 0.717) is 32.1 Å². The molecule has 2 N–H and O–H groups in total. The maximum atomic E-state index is 13.4. The highest BCUT2D eigenvalue weighted by molar-refractivity contribution is 6.74. The SMILES string of the molecule is CC(C(=O)Nc1cccc2c(=O)n(C(CO[Si](C)(C)C(C)(C)C)C(=O)O)ccc12)c1ccc(Cl)c(Cl)c1. The first-order valence-electron chi connectivity index (χ1n) is 11.9. The smallest absolute Gasteiger partial charge is 0.329 e. The number of carboxylic acid groups (broad SMARTS) is 1. The zero-order valence-corrected chi connectivity index (χ0v) is 24.3. The number of carboxylic acids is 1. The number of fused-ring (bicyclic) bond motifs is 1. The van der Waals surface area contributed by atoms with Crippen LogP contribution in [0, 0.1) is 0 Å². The number of anilines is 1. The quantitative estimate of drug-likeness (QED) is 0.298. The van der Waals surface area contributed by atoms with Crippen molar-refractivity contribution in [3.05, 3.63) is 74.6 Å². The van der Waals surface area contributed by atoms with Gasteiger partial charge in [0.1, 0.15) is 0 Å². The number of amides is 1. The maximum absolute atomic E-state index is 13.4. The highest BCUT2D eigenvalue weighted by atomic mass is 35.5. The summed E-state index contributed by atoms with van der Waals surface area (Å²) in [6, 6.07) is 10.4. The number of aromatic nitrogens is 1. The number of benzene rings is 2. The van der Waals surface area contributed by atoms with Crippen LogP contribution < -0.4 is 10.9 Å². The Balaban J connectivity index is 1.91. The van der Waals surface area contributed by atoms with Crippen LogP contribution in [-0.4, -0.2) is 36.5 Å². The molecular formula is C27H32Cl2N2O5Si. The predicted molar refractivity (Wildman–Crippen MR) is 152 cm³/mol. The number of halogens is 2. The van der Waals surface area contributed by atoms with Crippen molar-refractivity contribution < 1.29 is 19.1 Å². The zero-order chi connectivity index (χ0) is 27.7. The van der Waals surface area contributed by atoms with E-state index in [2.05, 4.69) is 26.1 Å². The lowest BCUT2D eigenvalue weighted by molar-refractivity contribution is -0.142. The molecule has 0 saturated carbocycles. The first-order valence-corrected chi connectivity index (χ1v) is 15.6. The molecule has 7 nitrogen and oxygen atoms in total. The third-order valence-corrected chi connectivity index (χ3v) is 12.3. The Labute approximate surface area is 227 Å². The summed E-state index contributed by atoms with van der Waals surface area (Å²) < 4.78 is 7.31. The minimum Gasteiger partial charge on any atom is -0.480 e. The summed E-state index contributed by atoms with van der Waals surface area (Å²) in [6.45, 7) is 11.9. The molecule has 1 aromatic heterocycles. The molecule has 1 amide bonds. The maximum Gasteiger partial charge on any atom is 0.329 e. The van der Waals surface area contributed by atoms with Crippen molar-refractivity contribution in [2.24, 2.45) is 0 Å². The lowest BCUT2D eigenvalue weighted by atomic mass is 10.00. The van der Waals surface area contributed by atoms with Gasteiger partial charge in [-0.15, -0.1) is 0 Å². The van der Waals surface area contributed by atoms with Crippen molar-refractivity contribution in [3.8, 4) is 0 Å². The fourth-order valence-electron chi connectivity index (χ4n) is 3.60. The molecule has 2 unspecified atom stereocenters. The molecule has 198 valence electrons. The van der Waals surface area contributed by atoms with Gasteiger partial charge in [0.15, 0.2) is 14.4 Å². The Hall–Kier alpha value is -2.65. The van der Waals surface area contributed by atoms with E-state index in [1.165, 1.54) is 10.8 Å². The Morgan fingerprint density at radius 1 is 1.08 bits per heavy atom. The number of hydrogen-bond donors (Lipinski definition) is 2. The topological polar surface area (TPSA) is 97.6 Å². The van der Waals surface area contributed by atoms with Gasteiger partial charge in [-0.3, -0.25) is 14.2 Å². The van der Waals surface area contributed by atoms with Crippen LogP contribution in [0.5, 0.6) is 0 Å². The van der Waals surface area contributed by atoms with Gasteiger partial charge < -0.3 is 14.8 Å². The lowest BCUT2D eigenvalue weighted by Crippen LogP contribution is -2.44. The molecule has 0 aliphatic carbocycles. The highest BCUT2D eigenvalue weighted by Gasteiger charge is 2.38. The van der Waals surface area contributed by atoms with Crippen LogP contribution >= 0.6 is 23.2 Å². The van der Waals surface area contributed by atoms with E-state index in [1.54, 1.807) is 49.4 Å². The van der Waals surface area contributed by atoms with Gasteiger partial charge in [0.05, 0.1) is 22.6 Å². The molecule has 10 heteroatoms. The summed E-state index contributed by atoms with van der Waals surface area (Å²) in [5.74, 6) is -1.98. The average Bonchev–Trinajstić information content (AvgIpc) is 2.81. The predicted octanol–water partition coefficient (Wildman–Crippen LogP) is 6.70. The lowest BCUT2D eigenvalue weighted by Gasteiger charge is -2.37. The molecule has 0 fully saturated rings. The number of nitrogens with zero attached hydrogens (tertiary/aromatic N) is 1. The molecule has 37 heavy (non-hydrogen) atoms. The fraction of sp³-hybridized carbons (Fsp3) is 0.370. The number of nitrogens with one attached hydrogen (secondary N) is 1. The second-order valence-electron chi connectivity index (χ2n) is 10.6. The van der Waals surface area contributed by atoms with Crippen LogP contribution in [0.3, 0.4) is 0 Å². The van der Waals surface area contributed by atoms with Gasteiger partial charge in [0, 0.05) is 22.7 Å². The molecule has 3 rings (SSSR count). The van der Waals surface area contributed by atoms with Crippen molar-refractivity contribution in [2.75, 3.05) is 11.9 Å². The molecule has 2 atom stereocenters. The molecule has 3 aromatic rings. The third kappa shape index (κ3) is 6.26. The summed E-state index contributed by atoms with van der Waals surface area (Å²) in [4.78, 5) is 38.5. The van der Waals surface area contributed by atoms with Gasteiger partial charge in [-0.1, -0.05) is 56.1 Å². The largest absolute Gasteiger partial charge is 0.480 e. The Kier molecular flexibility index (Phi) is 8.59. The van der Waals surface area contributed by atoms with Gasteiger partial charge in [0.2, 0.25) is 5.91 Å². The molecule has 1 heterocycles. The standard InChI is InChI=1S/C27H32Cl2N2O5Si/c1-16(17-10-11-20(28)21(29)14-17)24(32)30-22-9-7-8-19-18(22)12-13-31(25(19)33)23(26(34)35)15-36-37(5,6)27(2,3)4/h7-14,16,23H,15H2,1-6H3,(H,30,32)(H,34,35). The number of pyridine rings is 1. The minimum atomic E-state index is -2.23. The van der Waals surface area contributed by atoms with Crippen LogP contribution in [0.15, 0.2) is 53.5 Å². The Morgan fingerprint density at radius 3 is 2.35 bits per heavy atom. The van der Waals surface area contributed by atoms with E-state index in [4.69, 9.17) is 27.6 Å². The minimum absolute atomic E-state index is 0.105. The first kappa shape index (κ1) is 28.9. The van der Waals surface area contributed by atoms with Crippen LogP contribution in [0.2, 0.25) is 28.2 Å².